The second-order valence-electron chi connectivity index (χ2n) is 2.17. The zero-order chi connectivity index (χ0) is 8.91. The van der Waals surface area contributed by atoms with Gasteiger partial charge >= 0.3 is 5.97 Å². The standard InChI is InChI=1S/C6H9F3O2/c1-6(8,9)4-11-5(10)2-3-7/h2-4H2,1H3. The van der Waals surface area contributed by atoms with E-state index in [1.54, 1.807) is 0 Å². The maximum absolute atomic E-state index is 12.0. The summed E-state index contributed by atoms with van der Waals surface area (Å²) >= 11 is 0. The van der Waals surface area contributed by atoms with E-state index in [-0.39, 0.29) is 0 Å². The van der Waals surface area contributed by atoms with Gasteiger partial charge in [-0.1, -0.05) is 0 Å². The van der Waals surface area contributed by atoms with Gasteiger partial charge in [0, 0.05) is 6.92 Å². The van der Waals surface area contributed by atoms with Crippen LogP contribution in [0, 0.1) is 0 Å². The minimum Gasteiger partial charge on any atom is -0.459 e. The molecular weight excluding hydrogens is 161 g/mol. The fraction of sp³-hybridized carbons (Fsp3) is 0.833. The number of alkyl halides is 3. The van der Waals surface area contributed by atoms with Crippen LogP contribution in [0.4, 0.5) is 13.2 Å². The molecule has 0 rings (SSSR count). The Balaban J connectivity index is 3.46. The molecule has 0 aliphatic carbocycles. The Labute approximate surface area is 62.3 Å². The zero-order valence-electron chi connectivity index (χ0n) is 6.07. The van der Waals surface area contributed by atoms with Crippen molar-refractivity contribution in [1.82, 2.24) is 0 Å². The van der Waals surface area contributed by atoms with E-state index < -0.39 is 31.6 Å². The first kappa shape index (κ1) is 10.3. The van der Waals surface area contributed by atoms with Gasteiger partial charge in [-0.2, -0.15) is 0 Å². The Hall–Kier alpha value is -0.740. The second kappa shape index (κ2) is 4.20. The van der Waals surface area contributed by atoms with Crippen molar-refractivity contribution in [2.75, 3.05) is 13.3 Å². The summed E-state index contributed by atoms with van der Waals surface area (Å²) in [5.41, 5.74) is 0. The Bertz CT molecular complexity index is 130. The normalized spacial score (nSPS) is 11.3. The molecule has 0 bridgehead atoms. The average Bonchev–Trinajstić information content (AvgIpc) is 1.83. The SMILES string of the molecule is CC(F)(F)COC(=O)CCF. The van der Waals surface area contributed by atoms with E-state index in [0.717, 1.165) is 0 Å². The van der Waals surface area contributed by atoms with E-state index in [0.29, 0.717) is 6.92 Å². The van der Waals surface area contributed by atoms with Crippen molar-refractivity contribution in [3.63, 3.8) is 0 Å². The number of hydrogen-bond donors (Lipinski definition) is 0. The summed E-state index contributed by atoms with van der Waals surface area (Å²) in [6, 6.07) is 0. The molecule has 0 saturated carbocycles. The third-order valence-electron chi connectivity index (χ3n) is 0.785. The molecule has 2 nitrogen and oxygen atoms in total. The monoisotopic (exact) mass is 170 g/mol. The number of halogens is 3. The van der Waals surface area contributed by atoms with E-state index >= 15 is 0 Å². The fourth-order valence-corrected chi connectivity index (χ4v) is 0.357. The number of esters is 1. The number of ether oxygens (including phenoxy) is 1. The van der Waals surface area contributed by atoms with Gasteiger partial charge in [0.15, 0.2) is 6.61 Å². The summed E-state index contributed by atoms with van der Waals surface area (Å²) in [6.07, 6.45) is -0.462. The van der Waals surface area contributed by atoms with Crippen LogP contribution in [-0.2, 0) is 9.53 Å². The van der Waals surface area contributed by atoms with Gasteiger partial charge in [-0.25, -0.2) is 8.78 Å². The molecule has 11 heavy (non-hydrogen) atoms. The first-order valence-corrected chi connectivity index (χ1v) is 3.05. The van der Waals surface area contributed by atoms with Crippen LogP contribution >= 0.6 is 0 Å². The molecule has 0 aliphatic rings. The summed E-state index contributed by atoms with van der Waals surface area (Å²) in [6.45, 7) is -1.24. The van der Waals surface area contributed by atoms with Crippen LogP contribution in [0.1, 0.15) is 13.3 Å². The Morgan fingerprint density at radius 3 is 2.45 bits per heavy atom. The van der Waals surface area contributed by atoms with Gasteiger partial charge in [0.1, 0.15) is 0 Å². The van der Waals surface area contributed by atoms with Crippen molar-refractivity contribution in [3.8, 4) is 0 Å². The predicted octanol–water partition coefficient (Wildman–Crippen LogP) is 1.54. The topological polar surface area (TPSA) is 26.3 Å². The molecule has 0 aromatic rings. The van der Waals surface area contributed by atoms with Gasteiger partial charge in [-0.3, -0.25) is 9.18 Å². The molecule has 0 unspecified atom stereocenters. The van der Waals surface area contributed by atoms with Crippen LogP contribution in [0.3, 0.4) is 0 Å². The van der Waals surface area contributed by atoms with Gasteiger partial charge in [0.2, 0.25) is 0 Å². The van der Waals surface area contributed by atoms with Crippen LogP contribution in [0.5, 0.6) is 0 Å². The van der Waals surface area contributed by atoms with Crippen LogP contribution in [0.2, 0.25) is 0 Å². The maximum Gasteiger partial charge on any atom is 0.308 e. The lowest BCUT2D eigenvalue weighted by molar-refractivity contribution is -0.153. The first-order chi connectivity index (χ1) is 4.95. The average molecular weight is 170 g/mol. The lowest BCUT2D eigenvalue weighted by atomic mass is 10.4. The lowest BCUT2D eigenvalue weighted by Crippen LogP contribution is -2.21. The highest BCUT2D eigenvalue weighted by Crippen LogP contribution is 2.11. The molecule has 0 atom stereocenters. The highest BCUT2D eigenvalue weighted by molar-refractivity contribution is 5.69. The fourth-order valence-electron chi connectivity index (χ4n) is 0.357. The smallest absolute Gasteiger partial charge is 0.308 e. The van der Waals surface area contributed by atoms with E-state index in [1.807, 2.05) is 0 Å². The number of hydrogen-bond acceptors (Lipinski definition) is 2. The van der Waals surface area contributed by atoms with Crippen molar-refractivity contribution in [2.24, 2.45) is 0 Å². The Morgan fingerprint density at radius 2 is 2.09 bits per heavy atom. The van der Waals surface area contributed by atoms with Gasteiger partial charge in [0.05, 0.1) is 13.1 Å². The molecule has 66 valence electrons. The van der Waals surface area contributed by atoms with Crippen LogP contribution in [0.15, 0.2) is 0 Å². The van der Waals surface area contributed by atoms with Gasteiger partial charge in [-0.15, -0.1) is 0 Å². The Kier molecular flexibility index (Phi) is 3.92. The van der Waals surface area contributed by atoms with Gasteiger partial charge < -0.3 is 4.74 Å². The minimum atomic E-state index is -3.04. The van der Waals surface area contributed by atoms with Crippen LogP contribution < -0.4 is 0 Å². The highest BCUT2D eigenvalue weighted by atomic mass is 19.3. The second-order valence-corrected chi connectivity index (χ2v) is 2.17. The van der Waals surface area contributed by atoms with E-state index in [2.05, 4.69) is 4.74 Å². The van der Waals surface area contributed by atoms with E-state index in [1.165, 1.54) is 0 Å². The maximum atomic E-state index is 12.0. The molecule has 0 fully saturated rings. The largest absolute Gasteiger partial charge is 0.459 e. The molecule has 0 N–H and O–H groups in total. The van der Waals surface area contributed by atoms with Crippen molar-refractivity contribution < 1.29 is 22.7 Å². The van der Waals surface area contributed by atoms with Crippen molar-refractivity contribution >= 4 is 5.97 Å². The summed E-state index contributed by atoms with van der Waals surface area (Å²) in [5.74, 6) is -3.97. The highest BCUT2D eigenvalue weighted by Gasteiger charge is 2.23. The molecule has 0 radical (unpaired) electrons. The van der Waals surface area contributed by atoms with Crippen LogP contribution in [0.25, 0.3) is 0 Å². The molecule has 0 aliphatic heterocycles. The van der Waals surface area contributed by atoms with Gasteiger partial charge in [0.25, 0.3) is 5.92 Å². The lowest BCUT2D eigenvalue weighted by Gasteiger charge is -2.09. The summed E-state index contributed by atoms with van der Waals surface area (Å²) < 4.78 is 39.3. The molecule has 0 heterocycles. The van der Waals surface area contributed by atoms with Crippen molar-refractivity contribution in [3.05, 3.63) is 0 Å². The number of carbonyl (C=O) groups is 1. The number of carbonyl (C=O) groups excluding carboxylic acids is 1. The molecule has 0 amide bonds. The van der Waals surface area contributed by atoms with Crippen molar-refractivity contribution in [2.45, 2.75) is 19.3 Å². The third-order valence-corrected chi connectivity index (χ3v) is 0.785. The molecule has 5 heteroatoms. The van der Waals surface area contributed by atoms with E-state index in [9.17, 15) is 18.0 Å². The summed E-state index contributed by atoms with van der Waals surface area (Å²) in [7, 11) is 0. The molecule has 0 aromatic carbocycles. The van der Waals surface area contributed by atoms with Crippen molar-refractivity contribution in [1.29, 1.82) is 0 Å². The summed E-state index contributed by atoms with van der Waals surface area (Å²) in [5, 5.41) is 0. The Morgan fingerprint density at radius 1 is 1.55 bits per heavy atom. The van der Waals surface area contributed by atoms with E-state index in [4.69, 9.17) is 0 Å². The summed E-state index contributed by atoms with van der Waals surface area (Å²) in [4.78, 5) is 10.3. The third kappa shape index (κ3) is 7.15. The molecular formula is C6H9F3O2. The zero-order valence-corrected chi connectivity index (χ0v) is 6.07. The predicted molar refractivity (Wildman–Crippen MR) is 32.2 cm³/mol. The van der Waals surface area contributed by atoms with Crippen LogP contribution in [-0.4, -0.2) is 25.2 Å². The minimum absolute atomic E-state index is 0.462. The number of rotatable bonds is 4. The van der Waals surface area contributed by atoms with Gasteiger partial charge in [-0.05, 0) is 0 Å². The molecule has 0 spiro atoms. The molecule has 0 aromatic heterocycles. The first-order valence-electron chi connectivity index (χ1n) is 3.05. The molecule has 0 saturated heterocycles. The quantitative estimate of drug-likeness (QED) is 0.598.